The molecule has 0 bridgehead atoms. The highest BCUT2D eigenvalue weighted by molar-refractivity contribution is 6.30. The number of nitrogens with zero attached hydrogens (tertiary/aromatic N) is 1. The summed E-state index contributed by atoms with van der Waals surface area (Å²) in [5.74, 6) is 1.58. The second-order valence-corrected chi connectivity index (χ2v) is 7.97. The molecule has 0 saturated heterocycles. The maximum atomic E-state index is 12.8. The number of ether oxygens (including phenoxy) is 2. The van der Waals surface area contributed by atoms with E-state index in [1.807, 2.05) is 72.8 Å². The molecule has 4 nitrogen and oxygen atoms in total. The highest BCUT2D eigenvalue weighted by Gasteiger charge is 2.33. The second kappa shape index (κ2) is 8.42. The molecule has 0 aliphatic carbocycles. The first-order valence-electron chi connectivity index (χ1n) is 10.1. The van der Waals surface area contributed by atoms with Crippen LogP contribution in [0, 0.1) is 0 Å². The number of hydrogen-bond donors (Lipinski definition) is 0. The molecule has 0 N–H and O–H groups in total. The smallest absolute Gasteiger partial charge is 0.231 e. The summed E-state index contributed by atoms with van der Waals surface area (Å²) >= 11 is 5.99. The van der Waals surface area contributed by atoms with Crippen LogP contribution in [0.3, 0.4) is 0 Å². The monoisotopic (exact) mass is 429 g/mol. The average molecular weight is 430 g/mol. The molecule has 5 rings (SSSR count). The molecule has 0 radical (unpaired) electrons. The van der Waals surface area contributed by atoms with Gasteiger partial charge in [0.25, 0.3) is 0 Å². The number of carbonyl (C=O) groups is 1. The Hall–Kier alpha value is -3.34. The first-order chi connectivity index (χ1) is 15.2. The highest BCUT2D eigenvalue weighted by atomic mass is 35.5. The number of allylic oxidation sites excluding steroid dienone is 3. The summed E-state index contributed by atoms with van der Waals surface area (Å²) in [6.07, 6.45) is 5.50. The van der Waals surface area contributed by atoms with Gasteiger partial charge in [0.05, 0.1) is 11.1 Å². The third kappa shape index (κ3) is 4.13. The van der Waals surface area contributed by atoms with Crippen LogP contribution in [0.15, 0.2) is 84.6 Å². The third-order valence-electron chi connectivity index (χ3n) is 5.34. The van der Waals surface area contributed by atoms with Gasteiger partial charge in [-0.05, 0) is 41.5 Å². The highest BCUT2D eigenvalue weighted by Crippen LogP contribution is 2.41. The molecule has 0 fully saturated rings. The normalized spacial score (nSPS) is 16.8. The minimum absolute atomic E-state index is 0.106. The third-order valence-corrected chi connectivity index (χ3v) is 5.59. The largest absolute Gasteiger partial charge is 0.478 e. The maximum Gasteiger partial charge on any atom is 0.231 e. The molecule has 31 heavy (non-hydrogen) atoms. The van der Waals surface area contributed by atoms with E-state index in [2.05, 4.69) is 4.90 Å². The average Bonchev–Trinajstić information content (AvgIpc) is 3.12. The van der Waals surface area contributed by atoms with E-state index in [1.54, 1.807) is 12.1 Å². The van der Waals surface area contributed by atoms with Crippen molar-refractivity contribution in [3.05, 3.63) is 112 Å². The summed E-state index contributed by atoms with van der Waals surface area (Å²) in [4.78, 5) is 15.0. The number of hydrogen-bond acceptors (Lipinski definition) is 4. The Labute approximate surface area is 186 Å². The summed E-state index contributed by atoms with van der Waals surface area (Å²) < 4.78 is 11.9. The first kappa shape index (κ1) is 19.6. The topological polar surface area (TPSA) is 38.8 Å². The maximum absolute atomic E-state index is 12.8. The second-order valence-electron chi connectivity index (χ2n) is 7.54. The van der Waals surface area contributed by atoms with Crippen LogP contribution >= 0.6 is 11.6 Å². The van der Waals surface area contributed by atoms with Gasteiger partial charge in [0.1, 0.15) is 18.2 Å². The van der Waals surface area contributed by atoms with E-state index in [4.69, 9.17) is 21.1 Å². The summed E-state index contributed by atoms with van der Waals surface area (Å²) in [5, 5.41) is 0.717. The van der Waals surface area contributed by atoms with E-state index in [1.165, 1.54) is 0 Å². The van der Waals surface area contributed by atoms with Gasteiger partial charge in [-0.2, -0.15) is 0 Å². The zero-order valence-corrected chi connectivity index (χ0v) is 17.5. The zero-order valence-electron chi connectivity index (χ0n) is 16.8. The van der Waals surface area contributed by atoms with Crippen LogP contribution in [-0.2, 0) is 13.1 Å². The van der Waals surface area contributed by atoms with Crippen LogP contribution in [0.2, 0.25) is 5.02 Å². The summed E-state index contributed by atoms with van der Waals surface area (Å²) in [6.45, 7) is 1.84. The minimum Gasteiger partial charge on any atom is -0.478 e. The molecule has 154 valence electrons. The van der Waals surface area contributed by atoms with Crippen LogP contribution in [0.4, 0.5) is 0 Å². The Morgan fingerprint density at radius 2 is 1.81 bits per heavy atom. The van der Waals surface area contributed by atoms with Gasteiger partial charge in [0, 0.05) is 18.1 Å². The lowest BCUT2D eigenvalue weighted by Crippen LogP contribution is -2.31. The van der Waals surface area contributed by atoms with Crippen molar-refractivity contribution in [3.8, 4) is 11.5 Å². The van der Waals surface area contributed by atoms with Crippen molar-refractivity contribution in [2.45, 2.75) is 13.1 Å². The predicted molar refractivity (Wildman–Crippen MR) is 121 cm³/mol. The van der Waals surface area contributed by atoms with E-state index in [0.717, 1.165) is 29.0 Å². The number of ketones is 1. The van der Waals surface area contributed by atoms with Gasteiger partial charge in [-0.1, -0.05) is 66.2 Å². The Bertz CT molecular complexity index is 1180. The van der Waals surface area contributed by atoms with Gasteiger partial charge in [0.15, 0.2) is 5.76 Å². The van der Waals surface area contributed by atoms with E-state index in [-0.39, 0.29) is 5.78 Å². The standard InChI is InChI=1S/C26H20ClNO3/c27-20-11-9-19(10-12-20)15-28-16-22-23(30-17-28)14-13-21-25(29)24(31-26(21)22)8-4-7-18-5-2-1-3-6-18/h1-14H,15-17H2/b7-4+,24-8-. The fourth-order valence-electron chi connectivity index (χ4n) is 3.78. The Balaban J connectivity index is 1.36. The lowest BCUT2D eigenvalue weighted by molar-refractivity contribution is 0.0872. The van der Waals surface area contributed by atoms with Crippen LogP contribution in [0.5, 0.6) is 11.5 Å². The van der Waals surface area contributed by atoms with Gasteiger partial charge >= 0.3 is 0 Å². The van der Waals surface area contributed by atoms with Gasteiger partial charge in [0.2, 0.25) is 5.78 Å². The molecule has 2 heterocycles. The van der Waals surface area contributed by atoms with Crippen LogP contribution in [0.1, 0.15) is 27.0 Å². The Kier molecular flexibility index (Phi) is 5.33. The molecule has 0 amide bonds. The van der Waals surface area contributed by atoms with Crippen molar-refractivity contribution >= 4 is 23.5 Å². The van der Waals surface area contributed by atoms with E-state index in [9.17, 15) is 4.79 Å². The number of carbonyl (C=O) groups excluding carboxylic acids is 1. The number of rotatable bonds is 4. The van der Waals surface area contributed by atoms with Crippen molar-refractivity contribution in [1.82, 2.24) is 4.90 Å². The zero-order chi connectivity index (χ0) is 21.2. The fourth-order valence-corrected chi connectivity index (χ4v) is 3.91. The van der Waals surface area contributed by atoms with Crippen molar-refractivity contribution < 1.29 is 14.3 Å². The van der Waals surface area contributed by atoms with Crippen molar-refractivity contribution in [2.24, 2.45) is 0 Å². The molecule has 0 atom stereocenters. The summed E-state index contributed by atoms with van der Waals surface area (Å²) in [6, 6.07) is 21.4. The Morgan fingerprint density at radius 1 is 1.00 bits per heavy atom. The van der Waals surface area contributed by atoms with E-state index >= 15 is 0 Å². The molecular formula is C26H20ClNO3. The molecule has 0 unspecified atom stereocenters. The minimum atomic E-state index is -0.106. The van der Waals surface area contributed by atoms with Crippen LogP contribution in [0.25, 0.3) is 6.08 Å². The van der Waals surface area contributed by atoms with Crippen LogP contribution < -0.4 is 9.47 Å². The van der Waals surface area contributed by atoms with Gasteiger partial charge in [-0.3, -0.25) is 9.69 Å². The molecular weight excluding hydrogens is 410 g/mol. The first-order valence-corrected chi connectivity index (χ1v) is 10.5. The molecule has 0 aromatic heterocycles. The van der Waals surface area contributed by atoms with E-state index in [0.29, 0.717) is 35.4 Å². The summed E-state index contributed by atoms with van der Waals surface area (Å²) in [7, 11) is 0. The van der Waals surface area contributed by atoms with Gasteiger partial charge in [-0.15, -0.1) is 0 Å². The predicted octanol–water partition coefficient (Wildman–Crippen LogP) is 5.86. The van der Waals surface area contributed by atoms with E-state index < -0.39 is 0 Å². The summed E-state index contributed by atoms with van der Waals surface area (Å²) in [5.41, 5.74) is 3.69. The van der Waals surface area contributed by atoms with Crippen molar-refractivity contribution in [2.75, 3.05) is 6.73 Å². The molecule has 3 aromatic carbocycles. The number of fused-ring (bicyclic) bond motifs is 3. The SMILES string of the molecule is O=C1/C(=C/C=C/c2ccccc2)Oc2c1ccc1c2CN(Cc2ccc(Cl)cc2)CO1. The number of benzene rings is 3. The quantitative estimate of drug-likeness (QED) is 0.486. The molecule has 0 saturated carbocycles. The molecule has 2 aliphatic rings. The Morgan fingerprint density at radius 3 is 2.61 bits per heavy atom. The van der Waals surface area contributed by atoms with Gasteiger partial charge in [-0.25, -0.2) is 0 Å². The number of halogens is 1. The fraction of sp³-hybridized carbons (Fsp3) is 0.115. The molecule has 3 aromatic rings. The van der Waals surface area contributed by atoms with Gasteiger partial charge < -0.3 is 9.47 Å². The number of Topliss-reactive ketones (excluding diaryl/α,β-unsaturated/α-hetero) is 1. The molecule has 0 spiro atoms. The van der Waals surface area contributed by atoms with Crippen molar-refractivity contribution in [3.63, 3.8) is 0 Å². The molecule has 2 aliphatic heterocycles. The van der Waals surface area contributed by atoms with Crippen LogP contribution in [-0.4, -0.2) is 17.4 Å². The van der Waals surface area contributed by atoms with Crippen molar-refractivity contribution in [1.29, 1.82) is 0 Å². The lowest BCUT2D eigenvalue weighted by atomic mass is 10.0. The lowest BCUT2D eigenvalue weighted by Gasteiger charge is -2.29. The molecule has 5 heteroatoms.